The fourth-order valence-corrected chi connectivity index (χ4v) is 6.42. The predicted molar refractivity (Wildman–Crippen MR) is 152 cm³/mol. The Morgan fingerprint density at radius 2 is 0.706 bits per heavy atom. The summed E-state index contributed by atoms with van der Waals surface area (Å²) in [6.07, 6.45) is 0. The summed E-state index contributed by atoms with van der Waals surface area (Å²) in [6.45, 7) is 28.1. The maximum atomic E-state index is 11.1. The van der Waals surface area contributed by atoms with E-state index in [1.54, 1.807) is 0 Å². The summed E-state index contributed by atoms with van der Waals surface area (Å²) in [5.41, 5.74) is 3.41. The molecule has 0 aliphatic carbocycles. The van der Waals surface area contributed by atoms with E-state index >= 15 is 0 Å². The molecule has 2 aromatic carbocycles. The van der Waals surface area contributed by atoms with Gasteiger partial charge in [0.2, 0.25) is 0 Å². The van der Waals surface area contributed by atoms with E-state index in [1.165, 1.54) is 9.79 Å². The molecular formula is C30H46O2S2. The lowest BCUT2D eigenvalue weighted by atomic mass is 9.79. The molecule has 2 nitrogen and oxygen atoms in total. The van der Waals surface area contributed by atoms with E-state index in [-0.39, 0.29) is 26.2 Å². The number of aromatic hydroxyl groups is 2. The molecule has 0 saturated carbocycles. The normalized spacial score (nSPS) is 13.6. The Morgan fingerprint density at radius 1 is 0.500 bits per heavy atom. The highest BCUT2D eigenvalue weighted by Gasteiger charge is 2.29. The van der Waals surface area contributed by atoms with Crippen LogP contribution in [0.4, 0.5) is 0 Å². The molecule has 0 radical (unpaired) electrons. The molecule has 0 aliphatic heterocycles. The summed E-state index contributed by atoms with van der Waals surface area (Å²) >= 11 is 3.66. The molecule has 190 valence electrons. The van der Waals surface area contributed by atoms with Crippen molar-refractivity contribution in [3.63, 3.8) is 0 Å². The highest BCUT2D eigenvalue weighted by molar-refractivity contribution is 8.17. The lowest BCUT2D eigenvalue weighted by Crippen LogP contribution is -2.17. The summed E-state index contributed by atoms with van der Waals surface area (Å²) in [5.74, 6) is 0.848. The Balaban J connectivity index is 2.48. The molecule has 34 heavy (non-hydrogen) atoms. The van der Waals surface area contributed by atoms with Crippen molar-refractivity contribution in [2.45, 2.75) is 126 Å². The molecule has 0 unspecified atom stereocenters. The number of phenols is 2. The van der Waals surface area contributed by atoms with Crippen LogP contribution in [0.25, 0.3) is 0 Å². The van der Waals surface area contributed by atoms with E-state index < -0.39 is 0 Å². The fraction of sp³-hybridized carbons (Fsp3) is 0.600. The molecule has 0 spiro atoms. The second-order valence-electron chi connectivity index (χ2n) is 13.5. The van der Waals surface area contributed by atoms with Crippen LogP contribution in [-0.4, -0.2) is 14.8 Å². The van der Waals surface area contributed by atoms with Crippen LogP contribution in [0.1, 0.15) is 112 Å². The molecule has 0 fully saturated rings. The van der Waals surface area contributed by atoms with Gasteiger partial charge in [0, 0.05) is 32.0 Å². The summed E-state index contributed by atoms with van der Waals surface area (Å²) in [6, 6.07) is 8.63. The first-order chi connectivity index (χ1) is 15.1. The molecule has 0 atom stereocenters. The van der Waals surface area contributed by atoms with Crippen LogP contribution in [0.3, 0.4) is 0 Å². The zero-order valence-electron chi connectivity index (χ0n) is 23.6. The highest BCUT2D eigenvalue weighted by Crippen LogP contribution is 2.46. The van der Waals surface area contributed by atoms with Crippen molar-refractivity contribution in [2.24, 2.45) is 0 Å². The van der Waals surface area contributed by atoms with Crippen molar-refractivity contribution in [2.75, 3.05) is 0 Å². The van der Waals surface area contributed by atoms with Gasteiger partial charge in [0.15, 0.2) is 0 Å². The van der Waals surface area contributed by atoms with Crippen LogP contribution in [0.15, 0.2) is 34.1 Å². The Hall–Kier alpha value is -1.26. The summed E-state index contributed by atoms with van der Waals surface area (Å²) in [5, 5.41) is 22.1. The van der Waals surface area contributed by atoms with Gasteiger partial charge in [0.05, 0.1) is 4.58 Å². The summed E-state index contributed by atoms with van der Waals surface area (Å²) < 4.78 is 0.260. The number of thioether (sulfide) groups is 2. The van der Waals surface area contributed by atoms with E-state index in [9.17, 15) is 10.2 Å². The Kier molecular flexibility index (Phi) is 8.23. The van der Waals surface area contributed by atoms with Gasteiger partial charge in [-0.3, -0.25) is 0 Å². The molecule has 2 aromatic rings. The van der Waals surface area contributed by atoms with Crippen molar-refractivity contribution < 1.29 is 10.2 Å². The van der Waals surface area contributed by atoms with Crippen LogP contribution in [0.5, 0.6) is 11.5 Å². The van der Waals surface area contributed by atoms with E-state index in [4.69, 9.17) is 0 Å². The zero-order chi connectivity index (χ0) is 26.4. The standard InChI is InChI=1S/C30H46O2S2/c1-18(33-19-14-21(27(2,3)4)25(31)22(15-19)28(5,6)7)34-20-16-23(29(8,9)10)26(32)24(17-20)30(11,12)13/h14-18,31-32H,1-13H3. The maximum Gasteiger partial charge on any atom is 0.123 e. The minimum Gasteiger partial charge on any atom is -0.507 e. The third kappa shape index (κ3) is 6.91. The van der Waals surface area contributed by atoms with E-state index in [1.807, 2.05) is 23.5 Å². The van der Waals surface area contributed by atoms with Crippen molar-refractivity contribution in [1.82, 2.24) is 0 Å². The molecule has 0 amide bonds. The third-order valence-corrected chi connectivity index (χ3v) is 8.26. The monoisotopic (exact) mass is 502 g/mol. The molecule has 0 bridgehead atoms. The zero-order valence-corrected chi connectivity index (χ0v) is 25.2. The van der Waals surface area contributed by atoms with Crippen molar-refractivity contribution >= 4 is 23.5 Å². The van der Waals surface area contributed by atoms with E-state index in [0.29, 0.717) is 11.5 Å². The number of benzene rings is 2. The number of phenolic OH excluding ortho intramolecular Hbond substituents is 2. The van der Waals surface area contributed by atoms with Gasteiger partial charge in [-0.2, -0.15) is 0 Å². The van der Waals surface area contributed by atoms with Gasteiger partial charge < -0.3 is 10.2 Å². The molecule has 4 heteroatoms. The Bertz CT molecular complexity index is 872. The van der Waals surface area contributed by atoms with Gasteiger partial charge in [0.25, 0.3) is 0 Å². The molecule has 2 N–H and O–H groups in total. The van der Waals surface area contributed by atoms with Gasteiger partial charge in [-0.15, -0.1) is 23.5 Å². The highest BCUT2D eigenvalue weighted by atomic mass is 32.2. The smallest absolute Gasteiger partial charge is 0.123 e. The van der Waals surface area contributed by atoms with Crippen LogP contribution in [0.2, 0.25) is 0 Å². The first-order valence-electron chi connectivity index (χ1n) is 12.2. The van der Waals surface area contributed by atoms with E-state index in [0.717, 1.165) is 22.3 Å². The minimum atomic E-state index is -0.142. The summed E-state index contributed by atoms with van der Waals surface area (Å²) in [4.78, 5) is 2.36. The molecule has 2 rings (SSSR count). The second-order valence-corrected chi connectivity index (χ2v) is 16.7. The fourth-order valence-electron chi connectivity index (χ4n) is 4.05. The average molecular weight is 503 g/mol. The van der Waals surface area contributed by atoms with Crippen LogP contribution in [-0.2, 0) is 21.7 Å². The summed E-state index contributed by atoms with van der Waals surface area (Å²) in [7, 11) is 0. The van der Waals surface area contributed by atoms with Crippen LogP contribution < -0.4 is 0 Å². The topological polar surface area (TPSA) is 40.5 Å². The van der Waals surface area contributed by atoms with E-state index in [2.05, 4.69) is 114 Å². The van der Waals surface area contributed by atoms with Gasteiger partial charge >= 0.3 is 0 Å². The van der Waals surface area contributed by atoms with Crippen LogP contribution in [0, 0.1) is 0 Å². The Morgan fingerprint density at radius 3 is 0.882 bits per heavy atom. The van der Waals surface area contributed by atoms with Gasteiger partial charge in [-0.1, -0.05) is 83.1 Å². The number of rotatable bonds is 4. The maximum absolute atomic E-state index is 11.1. The average Bonchev–Trinajstić information content (AvgIpc) is 2.60. The molecule has 0 saturated heterocycles. The van der Waals surface area contributed by atoms with Gasteiger partial charge in [0.1, 0.15) is 11.5 Å². The lowest BCUT2D eigenvalue weighted by Gasteiger charge is -2.29. The second kappa shape index (κ2) is 9.65. The Labute approximate surface area is 217 Å². The van der Waals surface area contributed by atoms with Crippen molar-refractivity contribution in [1.29, 1.82) is 0 Å². The minimum absolute atomic E-state index is 0.142. The first-order valence-corrected chi connectivity index (χ1v) is 14.0. The number of hydrogen-bond donors (Lipinski definition) is 2. The number of hydrogen-bond acceptors (Lipinski definition) is 4. The molecular weight excluding hydrogens is 456 g/mol. The van der Waals surface area contributed by atoms with Crippen LogP contribution >= 0.6 is 23.5 Å². The first kappa shape index (κ1) is 29.0. The van der Waals surface area contributed by atoms with Crippen molar-refractivity contribution in [3.05, 3.63) is 46.5 Å². The SMILES string of the molecule is CC(Sc1cc(C(C)(C)C)c(O)c(C(C)(C)C)c1)Sc1cc(C(C)(C)C)c(O)c(C(C)(C)C)c1. The molecule has 0 aliphatic rings. The third-order valence-electron chi connectivity index (χ3n) is 6.00. The van der Waals surface area contributed by atoms with Gasteiger partial charge in [-0.05, 0) is 52.8 Å². The van der Waals surface area contributed by atoms with Gasteiger partial charge in [-0.25, -0.2) is 0 Å². The lowest BCUT2D eigenvalue weighted by molar-refractivity contribution is 0.421. The largest absolute Gasteiger partial charge is 0.507 e. The molecule has 0 heterocycles. The predicted octanol–water partition coefficient (Wildman–Crippen LogP) is 9.52. The van der Waals surface area contributed by atoms with Crippen molar-refractivity contribution in [3.8, 4) is 11.5 Å². The molecule has 0 aromatic heterocycles. The quantitative estimate of drug-likeness (QED) is 0.322.